The zero-order valence-electron chi connectivity index (χ0n) is 13.1. The van der Waals surface area contributed by atoms with E-state index in [9.17, 15) is 0 Å². The molecule has 0 aliphatic carbocycles. The van der Waals surface area contributed by atoms with E-state index in [-0.39, 0.29) is 5.54 Å². The highest BCUT2D eigenvalue weighted by molar-refractivity contribution is 4.89. The van der Waals surface area contributed by atoms with Crippen molar-refractivity contribution in [1.29, 1.82) is 0 Å². The molecule has 0 N–H and O–H groups in total. The van der Waals surface area contributed by atoms with Gasteiger partial charge in [0.25, 0.3) is 0 Å². The number of hydrogen-bond donors (Lipinski definition) is 0. The molecule has 1 heterocycles. The molecule has 1 aliphatic rings. The van der Waals surface area contributed by atoms with E-state index in [1.54, 1.807) is 0 Å². The smallest absolute Gasteiger partial charge is 0.0830 e. The van der Waals surface area contributed by atoms with Crippen LogP contribution in [0.3, 0.4) is 0 Å². The van der Waals surface area contributed by atoms with Crippen molar-refractivity contribution >= 4 is 0 Å². The molecule has 0 radical (unpaired) electrons. The van der Waals surface area contributed by atoms with Gasteiger partial charge < -0.3 is 9.47 Å². The molecule has 0 saturated carbocycles. The van der Waals surface area contributed by atoms with Crippen molar-refractivity contribution in [1.82, 2.24) is 4.90 Å². The molecule has 0 spiro atoms. The minimum absolute atomic E-state index is 0.281. The highest BCUT2D eigenvalue weighted by atomic mass is 16.5. The van der Waals surface area contributed by atoms with E-state index < -0.39 is 0 Å². The van der Waals surface area contributed by atoms with E-state index in [4.69, 9.17) is 9.47 Å². The Labute approximate surface area is 113 Å². The summed E-state index contributed by atoms with van der Waals surface area (Å²) in [5.41, 5.74) is 0.644. The fourth-order valence-corrected chi connectivity index (χ4v) is 1.85. The maximum atomic E-state index is 5.77. The molecule has 0 aromatic carbocycles. The third-order valence-electron chi connectivity index (χ3n) is 3.37. The summed E-state index contributed by atoms with van der Waals surface area (Å²) in [5, 5.41) is 0. The van der Waals surface area contributed by atoms with Crippen LogP contribution in [0.5, 0.6) is 0 Å². The zero-order valence-corrected chi connectivity index (χ0v) is 13.1. The highest BCUT2D eigenvalue weighted by Crippen LogP contribution is 2.22. The molecule has 0 bridgehead atoms. The van der Waals surface area contributed by atoms with Gasteiger partial charge in [-0.3, -0.25) is 4.90 Å². The number of hydrogen-bond acceptors (Lipinski definition) is 3. The van der Waals surface area contributed by atoms with Gasteiger partial charge in [0.15, 0.2) is 0 Å². The van der Waals surface area contributed by atoms with Crippen molar-refractivity contribution < 1.29 is 9.47 Å². The molecular formula is C15H31NO2. The third-order valence-corrected chi connectivity index (χ3v) is 3.37. The largest absolute Gasteiger partial charge is 0.379 e. The zero-order chi connectivity index (χ0) is 13.8. The minimum atomic E-state index is 0.281. The van der Waals surface area contributed by atoms with Gasteiger partial charge in [-0.05, 0) is 32.6 Å². The predicted molar refractivity (Wildman–Crippen MR) is 76.0 cm³/mol. The first-order chi connectivity index (χ1) is 8.18. The van der Waals surface area contributed by atoms with Crippen molar-refractivity contribution in [2.24, 2.45) is 5.41 Å². The van der Waals surface area contributed by atoms with Gasteiger partial charge in [0.1, 0.15) is 0 Å². The van der Waals surface area contributed by atoms with Crippen molar-refractivity contribution in [3.8, 4) is 0 Å². The summed E-state index contributed by atoms with van der Waals surface area (Å²) in [6.45, 7) is 17.9. The van der Waals surface area contributed by atoms with Crippen molar-refractivity contribution in [2.45, 2.75) is 59.6 Å². The van der Waals surface area contributed by atoms with Gasteiger partial charge in [-0.2, -0.15) is 0 Å². The lowest BCUT2D eigenvalue weighted by Gasteiger charge is -2.47. The van der Waals surface area contributed by atoms with Crippen molar-refractivity contribution in [3.05, 3.63) is 0 Å². The van der Waals surface area contributed by atoms with E-state index in [0.29, 0.717) is 11.5 Å². The molecule has 1 rings (SSSR count). The Kier molecular flexibility index (Phi) is 5.63. The summed E-state index contributed by atoms with van der Waals surface area (Å²) < 4.78 is 11.4. The second-order valence-electron chi connectivity index (χ2n) is 7.49. The van der Waals surface area contributed by atoms with Gasteiger partial charge in [-0.15, -0.1) is 0 Å². The molecule has 1 aliphatic heterocycles. The molecule has 0 aromatic heterocycles. The van der Waals surface area contributed by atoms with Crippen LogP contribution in [0.25, 0.3) is 0 Å². The first kappa shape index (κ1) is 15.9. The molecule has 0 atom stereocenters. The van der Waals surface area contributed by atoms with Crippen LogP contribution in [0.2, 0.25) is 0 Å². The molecule has 3 heteroatoms. The second-order valence-corrected chi connectivity index (χ2v) is 7.49. The average Bonchev–Trinajstić information content (AvgIpc) is 2.09. The van der Waals surface area contributed by atoms with E-state index in [2.05, 4.69) is 46.4 Å². The number of ether oxygens (including phenoxy) is 2. The number of likely N-dealkylation sites (tertiary alicyclic amines) is 1. The first-order valence-corrected chi connectivity index (χ1v) is 7.13. The molecule has 1 saturated heterocycles. The Hall–Kier alpha value is -0.120. The van der Waals surface area contributed by atoms with Crippen molar-refractivity contribution in [2.75, 3.05) is 32.9 Å². The van der Waals surface area contributed by atoms with Crippen LogP contribution in [0, 0.1) is 5.41 Å². The summed E-state index contributed by atoms with van der Waals surface area (Å²) in [4.78, 5) is 2.44. The summed E-state index contributed by atoms with van der Waals surface area (Å²) in [6.07, 6.45) is 1.52. The Morgan fingerprint density at radius 3 is 2.06 bits per heavy atom. The van der Waals surface area contributed by atoms with E-state index in [1.807, 2.05) is 0 Å². The van der Waals surface area contributed by atoms with E-state index >= 15 is 0 Å². The maximum absolute atomic E-state index is 5.77. The van der Waals surface area contributed by atoms with Crippen LogP contribution in [0.15, 0.2) is 0 Å². The summed E-state index contributed by atoms with van der Waals surface area (Å²) in [5.74, 6) is 0. The normalized spacial score (nSPS) is 19.0. The Morgan fingerprint density at radius 1 is 0.944 bits per heavy atom. The molecule has 18 heavy (non-hydrogen) atoms. The van der Waals surface area contributed by atoms with Gasteiger partial charge in [-0.25, -0.2) is 0 Å². The summed E-state index contributed by atoms with van der Waals surface area (Å²) in [6, 6.07) is 0. The topological polar surface area (TPSA) is 21.7 Å². The number of nitrogens with zero attached hydrogens (tertiary/aromatic N) is 1. The van der Waals surface area contributed by atoms with E-state index in [0.717, 1.165) is 39.3 Å². The van der Waals surface area contributed by atoms with Crippen LogP contribution in [0.4, 0.5) is 0 Å². The van der Waals surface area contributed by atoms with Crippen LogP contribution in [-0.2, 0) is 9.47 Å². The molecule has 1 fully saturated rings. The van der Waals surface area contributed by atoms with E-state index in [1.165, 1.54) is 0 Å². The van der Waals surface area contributed by atoms with Crippen LogP contribution in [0.1, 0.15) is 48.0 Å². The first-order valence-electron chi connectivity index (χ1n) is 7.13. The van der Waals surface area contributed by atoms with Crippen LogP contribution < -0.4 is 0 Å². The monoisotopic (exact) mass is 257 g/mol. The van der Waals surface area contributed by atoms with Gasteiger partial charge >= 0.3 is 0 Å². The molecule has 3 nitrogen and oxygen atoms in total. The van der Waals surface area contributed by atoms with Gasteiger partial charge in [-0.1, -0.05) is 20.8 Å². The van der Waals surface area contributed by atoms with Crippen molar-refractivity contribution in [3.63, 3.8) is 0 Å². The average molecular weight is 257 g/mol. The molecular weight excluding hydrogens is 226 g/mol. The molecule has 108 valence electrons. The maximum Gasteiger partial charge on any atom is 0.0830 e. The lowest BCUT2D eigenvalue weighted by Crippen LogP contribution is -2.59. The Morgan fingerprint density at radius 2 is 1.56 bits per heavy atom. The highest BCUT2D eigenvalue weighted by Gasteiger charge is 2.34. The second kappa shape index (κ2) is 6.36. The van der Waals surface area contributed by atoms with Crippen LogP contribution >= 0.6 is 0 Å². The number of rotatable bonds is 6. The SMILES string of the molecule is CC(C)(C)CCOCCOC1CN(C(C)(C)C)C1. The van der Waals surface area contributed by atoms with Crippen LogP contribution in [-0.4, -0.2) is 49.5 Å². The molecule has 0 aromatic rings. The van der Waals surface area contributed by atoms with Gasteiger partial charge in [0, 0.05) is 25.2 Å². The molecule has 0 unspecified atom stereocenters. The fraction of sp³-hybridized carbons (Fsp3) is 1.00. The van der Waals surface area contributed by atoms with Gasteiger partial charge in [0.05, 0.1) is 19.3 Å². The molecule has 0 amide bonds. The lowest BCUT2D eigenvalue weighted by atomic mass is 9.93. The fourth-order valence-electron chi connectivity index (χ4n) is 1.85. The summed E-state index contributed by atoms with van der Waals surface area (Å²) in [7, 11) is 0. The Bertz CT molecular complexity index is 234. The minimum Gasteiger partial charge on any atom is -0.379 e. The summed E-state index contributed by atoms with van der Waals surface area (Å²) >= 11 is 0. The third kappa shape index (κ3) is 6.17. The Balaban J connectivity index is 1.92. The standard InChI is InChI=1S/C15H31NO2/c1-14(2,3)7-8-17-9-10-18-13-11-16(12-13)15(4,5)6/h13H,7-12H2,1-6H3. The van der Waals surface area contributed by atoms with Gasteiger partial charge in [0.2, 0.25) is 0 Å². The predicted octanol–water partition coefficient (Wildman–Crippen LogP) is 2.94. The quantitative estimate of drug-likeness (QED) is 0.683. The lowest BCUT2D eigenvalue weighted by molar-refractivity contribution is -0.0996.